The topological polar surface area (TPSA) is 55.1 Å². The molecule has 0 aliphatic heterocycles. The van der Waals surface area contributed by atoms with Crippen molar-refractivity contribution < 1.29 is 5.11 Å². The van der Waals surface area contributed by atoms with Crippen LogP contribution in [0.4, 0.5) is 0 Å². The molecular formula is C16H14N2O2. The van der Waals surface area contributed by atoms with E-state index in [2.05, 4.69) is 4.98 Å². The Morgan fingerprint density at radius 3 is 2.65 bits per heavy atom. The van der Waals surface area contributed by atoms with E-state index in [0.717, 1.165) is 5.56 Å². The van der Waals surface area contributed by atoms with Crippen LogP contribution in [0.15, 0.2) is 53.5 Å². The molecule has 0 aliphatic rings. The number of nitrogens with zero attached hydrogens (tertiary/aromatic N) is 2. The zero-order chi connectivity index (χ0) is 14.1. The highest BCUT2D eigenvalue weighted by Gasteiger charge is 2.13. The van der Waals surface area contributed by atoms with Gasteiger partial charge in [0.15, 0.2) is 0 Å². The molecule has 100 valence electrons. The van der Waals surface area contributed by atoms with E-state index in [1.165, 1.54) is 0 Å². The maximum absolute atomic E-state index is 12.4. The lowest BCUT2D eigenvalue weighted by atomic mass is 10.1. The van der Waals surface area contributed by atoms with Gasteiger partial charge in [-0.3, -0.25) is 9.36 Å². The SMILES string of the molecule is Cc1c(O)c2cccnc2n(Cc2ccccc2)c1=O. The first-order chi connectivity index (χ1) is 9.68. The van der Waals surface area contributed by atoms with Crippen LogP contribution in [0.5, 0.6) is 5.75 Å². The molecule has 4 nitrogen and oxygen atoms in total. The van der Waals surface area contributed by atoms with Gasteiger partial charge in [0.05, 0.1) is 17.5 Å². The van der Waals surface area contributed by atoms with Crippen LogP contribution in [0.25, 0.3) is 11.0 Å². The smallest absolute Gasteiger partial charge is 0.259 e. The van der Waals surface area contributed by atoms with Gasteiger partial charge in [0.1, 0.15) is 11.4 Å². The molecule has 1 aromatic carbocycles. The molecule has 0 aliphatic carbocycles. The molecule has 3 rings (SSSR count). The maximum Gasteiger partial charge on any atom is 0.259 e. The van der Waals surface area contributed by atoms with Crippen LogP contribution < -0.4 is 5.56 Å². The molecule has 0 bridgehead atoms. The summed E-state index contributed by atoms with van der Waals surface area (Å²) in [5.74, 6) is 0.0161. The molecule has 20 heavy (non-hydrogen) atoms. The third kappa shape index (κ3) is 1.95. The van der Waals surface area contributed by atoms with E-state index < -0.39 is 0 Å². The second-order valence-corrected chi connectivity index (χ2v) is 4.73. The predicted molar refractivity (Wildman–Crippen MR) is 77.9 cm³/mol. The van der Waals surface area contributed by atoms with Crippen LogP contribution in [-0.2, 0) is 6.54 Å². The molecule has 0 spiro atoms. The van der Waals surface area contributed by atoms with Gasteiger partial charge in [-0.2, -0.15) is 0 Å². The number of benzene rings is 1. The minimum absolute atomic E-state index is 0.0161. The van der Waals surface area contributed by atoms with Crippen LogP contribution in [-0.4, -0.2) is 14.7 Å². The number of hydrogen-bond donors (Lipinski definition) is 1. The quantitative estimate of drug-likeness (QED) is 0.775. The summed E-state index contributed by atoms with van der Waals surface area (Å²) in [5.41, 5.74) is 1.66. The Labute approximate surface area is 116 Å². The minimum Gasteiger partial charge on any atom is -0.507 e. The normalized spacial score (nSPS) is 10.8. The summed E-state index contributed by atoms with van der Waals surface area (Å²) in [7, 11) is 0. The third-order valence-corrected chi connectivity index (χ3v) is 3.40. The summed E-state index contributed by atoms with van der Waals surface area (Å²) < 4.78 is 1.60. The second-order valence-electron chi connectivity index (χ2n) is 4.73. The molecule has 2 aromatic heterocycles. The number of hydrogen-bond acceptors (Lipinski definition) is 3. The van der Waals surface area contributed by atoms with Gasteiger partial charge in [0.2, 0.25) is 0 Å². The largest absolute Gasteiger partial charge is 0.507 e. The first-order valence-electron chi connectivity index (χ1n) is 6.39. The van der Waals surface area contributed by atoms with Crippen LogP contribution in [0.1, 0.15) is 11.1 Å². The van der Waals surface area contributed by atoms with Gasteiger partial charge >= 0.3 is 0 Å². The summed E-state index contributed by atoms with van der Waals surface area (Å²) in [6.45, 7) is 2.07. The Hall–Kier alpha value is -2.62. The summed E-state index contributed by atoms with van der Waals surface area (Å²) in [4.78, 5) is 16.6. The highest BCUT2D eigenvalue weighted by atomic mass is 16.3. The van der Waals surface area contributed by atoms with Crippen molar-refractivity contribution in [2.24, 2.45) is 0 Å². The summed E-state index contributed by atoms with van der Waals surface area (Å²) >= 11 is 0. The van der Waals surface area contributed by atoms with Crippen molar-refractivity contribution in [3.8, 4) is 5.75 Å². The van der Waals surface area contributed by atoms with E-state index in [9.17, 15) is 9.90 Å². The molecule has 0 saturated carbocycles. The van der Waals surface area contributed by atoms with Gasteiger partial charge in [0, 0.05) is 6.20 Å². The summed E-state index contributed by atoms with van der Waals surface area (Å²) in [5, 5.41) is 10.7. The lowest BCUT2D eigenvalue weighted by Gasteiger charge is -2.12. The van der Waals surface area contributed by atoms with Crippen molar-refractivity contribution >= 4 is 11.0 Å². The van der Waals surface area contributed by atoms with E-state index in [0.29, 0.717) is 23.1 Å². The maximum atomic E-state index is 12.4. The van der Waals surface area contributed by atoms with Gasteiger partial charge in [-0.1, -0.05) is 30.3 Å². The van der Waals surface area contributed by atoms with Gasteiger partial charge in [-0.15, -0.1) is 0 Å². The van der Waals surface area contributed by atoms with E-state index in [4.69, 9.17) is 0 Å². The monoisotopic (exact) mass is 266 g/mol. The van der Waals surface area contributed by atoms with Crippen LogP contribution >= 0.6 is 0 Å². The average Bonchev–Trinajstić information content (AvgIpc) is 2.50. The first kappa shape index (κ1) is 12.4. The Balaban J connectivity index is 2.27. The summed E-state index contributed by atoms with van der Waals surface area (Å²) in [6.07, 6.45) is 1.62. The van der Waals surface area contributed by atoms with Crippen molar-refractivity contribution in [3.05, 3.63) is 70.1 Å². The zero-order valence-corrected chi connectivity index (χ0v) is 11.1. The van der Waals surface area contributed by atoms with Crippen molar-refractivity contribution in [3.63, 3.8) is 0 Å². The molecule has 0 radical (unpaired) electrons. The van der Waals surface area contributed by atoms with Gasteiger partial charge in [-0.25, -0.2) is 4.98 Å². The molecule has 4 heteroatoms. The predicted octanol–water partition coefficient (Wildman–Crippen LogP) is 2.46. The van der Waals surface area contributed by atoms with Crippen molar-refractivity contribution in [2.75, 3.05) is 0 Å². The Morgan fingerprint density at radius 1 is 1.15 bits per heavy atom. The van der Waals surface area contributed by atoms with Crippen molar-refractivity contribution in [1.82, 2.24) is 9.55 Å². The standard InChI is InChI=1S/C16H14N2O2/c1-11-14(19)13-8-5-9-17-15(13)18(16(11)20)10-12-6-3-2-4-7-12/h2-9,19H,10H2,1H3. The Morgan fingerprint density at radius 2 is 1.90 bits per heavy atom. The highest BCUT2D eigenvalue weighted by molar-refractivity contribution is 5.83. The number of aromatic nitrogens is 2. The fraction of sp³-hybridized carbons (Fsp3) is 0.125. The number of fused-ring (bicyclic) bond motifs is 1. The highest BCUT2D eigenvalue weighted by Crippen LogP contribution is 2.24. The molecular weight excluding hydrogens is 252 g/mol. The fourth-order valence-electron chi connectivity index (χ4n) is 2.31. The number of rotatable bonds is 2. The van der Waals surface area contributed by atoms with Crippen LogP contribution in [0, 0.1) is 6.92 Å². The molecule has 2 heterocycles. The molecule has 1 N–H and O–H groups in total. The van der Waals surface area contributed by atoms with Crippen LogP contribution in [0.3, 0.4) is 0 Å². The third-order valence-electron chi connectivity index (χ3n) is 3.40. The van der Waals surface area contributed by atoms with E-state index in [-0.39, 0.29) is 11.3 Å². The first-order valence-corrected chi connectivity index (χ1v) is 6.39. The summed E-state index contributed by atoms with van der Waals surface area (Å²) in [6, 6.07) is 13.2. The molecule has 0 atom stereocenters. The molecule has 3 aromatic rings. The van der Waals surface area contributed by atoms with E-state index >= 15 is 0 Å². The van der Waals surface area contributed by atoms with E-state index in [1.807, 2.05) is 30.3 Å². The molecule has 0 fully saturated rings. The molecule has 0 amide bonds. The van der Waals surface area contributed by atoms with Crippen molar-refractivity contribution in [1.29, 1.82) is 0 Å². The number of pyridine rings is 2. The average molecular weight is 266 g/mol. The van der Waals surface area contributed by atoms with Gasteiger partial charge < -0.3 is 5.11 Å². The zero-order valence-electron chi connectivity index (χ0n) is 11.1. The lowest BCUT2D eigenvalue weighted by Crippen LogP contribution is -2.24. The Kier molecular flexibility index (Phi) is 2.99. The van der Waals surface area contributed by atoms with Crippen molar-refractivity contribution in [2.45, 2.75) is 13.5 Å². The number of aromatic hydroxyl groups is 1. The Bertz CT molecular complexity index is 823. The van der Waals surface area contributed by atoms with E-state index in [1.54, 1.807) is 29.8 Å². The minimum atomic E-state index is -0.211. The molecule has 0 saturated heterocycles. The fourth-order valence-corrected chi connectivity index (χ4v) is 2.31. The molecule has 0 unspecified atom stereocenters. The second kappa shape index (κ2) is 4.81. The van der Waals surface area contributed by atoms with Gasteiger partial charge in [-0.05, 0) is 24.6 Å². The lowest BCUT2D eigenvalue weighted by molar-refractivity contribution is 0.474. The van der Waals surface area contributed by atoms with Crippen LogP contribution in [0.2, 0.25) is 0 Å². The van der Waals surface area contributed by atoms with Gasteiger partial charge in [0.25, 0.3) is 5.56 Å².